The van der Waals surface area contributed by atoms with Gasteiger partial charge in [-0.15, -0.1) is 0 Å². The molecule has 3 amide bonds. The molecule has 3 rings (SSSR count). The average molecular weight is 475 g/mol. The standard InChI is InChI=1S/C24H36N4O3.CH2O2/c1-4-5-6-15-27(16-8-7-14-26(2)3)20-11-9-10-18-19(20)17-28(24(18)31)21-12-13-22(29)25-23(21)30;2-1-3/h9-11,21H,4-8,12-17H2,1-3H3,(H,25,29,30);1H,(H,2,3). The Morgan fingerprint density at radius 1 is 1.09 bits per heavy atom. The normalized spacial score (nSPS) is 17.2. The maximum absolute atomic E-state index is 13.1. The van der Waals surface area contributed by atoms with Crippen molar-refractivity contribution in [1.82, 2.24) is 15.1 Å². The highest BCUT2D eigenvalue weighted by Crippen LogP contribution is 2.34. The van der Waals surface area contributed by atoms with Crippen LogP contribution in [0.15, 0.2) is 18.2 Å². The van der Waals surface area contributed by atoms with Gasteiger partial charge in [-0.1, -0.05) is 25.8 Å². The zero-order valence-corrected chi connectivity index (χ0v) is 20.6. The molecular weight excluding hydrogens is 436 g/mol. The summed E-state index contributed by atoms with van der Waals surface area (Å²) in [6, 6.07) is 5.35. The molecule has 1 aromatic rings. The van der Waals surface area contributed by atoms with Crippen LogP contribution in [0.5, 0.6) is 0 Å². The smallest absolute Gasteiger partial charge is 0.290 e. The van der Waals surface area contributed by atoms with E-state index in [-0.39, 0.29) is 30.6 Å². The van der Waals surface area contributed by atoms with Crippen molar-refractivity contribution in [2.45, 2.75) is 64.5 Å². The zero-order chi connectivity index (χ0) is 25.1. The molecule has 0 radical (unpaired) electrons. The Kier molecular flexibility index (Phi) is 11.0. The lowest BCUT2D eigenvalue weighted by molar-refractivity contribution is -0.137. The van der Waals surface area contributed by atoms with Gasteiger partial charge in [-0.05, 0) is 58.5 Å². The van der Waals surface area contributed by atoms with E-state index in [2.05, 4.69) is 42.2 Å². The first kappa shape index (κ1) is 27.3. The van der Waals surface area contributed by atoms with E-state index in [1.165, 1.54) is 12.8 Å². The molecule has 2 heterocycles. The average Bonchev–Trinajstić information content (AvgIpc) is 3.12. The predicted octanol–water partition coefficient (Wildman–Crippen LogP) is 2.49. The number of nitrogens with zero attached hydrogens (tertiary/aromatic N) is 3. The maximum Gasteiger partial charge on any atom is 0.290 e. The number of benzene rings is 1. The van der Waals surface area contributed by atoms with Gasteiger partial charge >= 0.3 is 0 Å². The van der Waals surface area contributed by atoms with Gasteiger partial charge in [0.15, 0.2) is 0 Å². The fourth-order valence-electron chi connectivity index (χ4n) is 4.50. The van der Waals surface area contributed by atoms with Crippen molar-refractivity contribution in [1.29, 1.82) is 0 Å². The molecule has 0 saturated carbocycles. The number of unbranched alkanes of at least 4 members (excludes halogenated alkanes) is 3. The lowest BCUT2D eigenvalue weighted by atomic mass is 10.0. The van der Waals surface area contributed by atoms with Gasteiger partial charge in [-0.2, -0.15) is 0 Å². The van der Waals surface area contributed by atoms with E-state index in [9.17, 15) is 14.4 Å². The summed E-state index contributed by atoms with van der Waals surface area (Å²) in [4.78, 5) is 51.7. The second-order valence-electron chi connectivity index (χ2n) is 9.01. The van der Waals surface area contributed by atoms with Gasteiger partial charge in [0, 0.05) is 42.9 Å². The maximum atomic E-state index is 13.1. The zero-order valence-electron chi connectivity index (χ0n) is 20.6. The van der Waals surface area contributed by atoms with Crippen molar-refractivity contribution in [2.75, 3.05) is 38.6 Å². The molecule has 2 aliphatic heterocycles. The molecule has 2 aliphatic rings. The van der Waals surface area contributed by atoms with E-state index >= 15 is 0 Å². The van der Waals surface area contributed by atoms with Gasteiger partial charge in [-0.25, -0.2) is 0 Å². The number of carboxylic acid groups (broad SMARTS) is 1. The lowest BCUT2D eigenvalue weighted by Crippen LogP contribution is -2.52. The fourth-order valence-corrected chi connectivity index (χ4v) is 4.50. The minimum absolute atomic E-state index is 0.104. The summed E-state index contributed by atoms with van der Waals surface area (Å²) in [7, 11) is 4.19. The summed E-state index contributed by atoms with van der Waals surface area (Å²) in [6.07, 6.45) is 6.38. The number of piperidine rings is 1. The molecule has 1 aromatic carbocycles. The van der Waals surface area contributed by atoms with E-state index in [1.54, 1.807) is 4.90 Å². The summed E-state index contributed by atoms with van der Waals surface area (Å²) in [5.74, 6) is -0.721. The lowest BCUT2D eigenvalue weighted by Gasteiger charge is -2.30. The van der Waals surface area contributed by atoms with E-state index in [0.29, 0.717) is 18.5 Å². The Morgan fingerprint density at radius 2 is 1.74 bits per heavy atom. The van der Waals surface area contributed by atoms with Crippen LogP contribution >= 0.6 is 0 Å². The van der Waals surface area contributed by atoms with Crippen LogP contribution in [0.3, 0.4) is 0 Å². The molecule has 34 heavy (non-hydrogen) atoms. The third-order valence-electron chi connectivity index (χ3n) is 6.21. The van der Waals surface area contributed by atoms with Crippen molar-refractivity contribution in [3.63, 3.8) is 0 Å². The number of anilines is 1. The summed E-state index contributed by atoms with van der Waals surface area (Å²) < 4.78 is 0. The highest BCUT2D eigenvalue weighted by molar-refractivity contribution is 6.06. The second-order valence-corrected chi connectivity index (χ2v) is 9.01. The molecule has 2 N–H and O–H groups in total. The van der Waals surface area contributed by atoms with Crippen LogP contribution in [0.25, 0.3) is 0 Å². The first-order chi connectivity index (χ1) is 16.3. The SMILES string of the molecule is CCCCCN(CCCCN(C)C)c1cccc2c1CN(C1CCC(=O)NC1=O)C2=O.O=CO. The van der Waals surface area contributed by atoms with Crippen LogP contribution < -0.4 is 10.2 Å². The van der Waals surface area contributed by atoms with Crippen molar-refractivity contribution in [3.05, 3.63) is 29.3 Å². The van der Waals surface area contributed by atoms with Crippen molar-refractivity contribution < 1.29 is 24.3 Å². The van der Waals surface area contributed by atoms with E-state index in [1.807, 2.05) is 12.1 Å². The Bertz CT molecular complexity index is 858. The molecule has 0 aliphatic carbocycles. The topological polar surface area (TPSA) is 110 Å². The van der Waals surface area contributed by atoms with Gasteiger partial charge in [-0.3, -0.25) is 24.5 Å². The molecule has 1 unspecified atom stereocenters. The van der Waals surface area contributed by atoms with E-state index < -0.39 is 6.04 Å². The second kappa shape index (κ2) is 13.7. The fraction of sp³-hybridized carbons (Fsp3) is 0.600. The van der Waals surface area contributed by atoms with Crippen molar-refractivity contribution >= 4 is 29.9 Å². The minimum atomic E-state index is -0.570. The summed E-state index contributed by atoms with van der Waals surface area (Å²) >= 11 is 0. The summed E-state index contributed by atoms with van der Waals surface area (Å²) in [5.41, 5.74) is 2.82. The Morgan fingerprint density at radius 3 is 2.35 bits per heavy atom. The number of hydrogen-bond acceptors (Lipinski definition) is 6. The molecule has 9 heteroatoms. The Labute approximate surface area is 202 Å². The number of rotatable bonds is 11. The first-order valence-corrected chi connectivity index (χ1v) is 12.1. The van der Waals surface area contributed by atoms with Crippen LogP contribution in [-0.2, 0) is 20.9 Å². The molecule has 0 spiro atoms. The first-order valence-electron chi connectivity index (χ1n) is 12.1. The number of nitrogens with one attached hydrogen (secondary N) is 1. The minimum Gasteiger partial charge on any atom is -0.483 e. The van der Waals surface area contributed by atoms with Gasteiger partial charge < -0.3 is 19.8 Å². The van der Waals surface area contributed by atoms with Crippen LogP contribution in [0.4, 0.5) is 5.69 Å². The van der Waals surface area contributed by atoms with E-state index in [0.717, 1.165) is 50.1 Å². The number of fused-ring (bicyclic) bond motifs is 1. The molecular formula is C25H38N4O5. The van der Waals surface area contributed by atoms with Crippen LogP contribution in [0, 0.1) is 0 Å². The molecule has 188 valence electrons. The number of carbonyl (C=O) groups is 4. The molecule has 9 nitrogen and oxygen atoms in total. The molecule has 1 fully saturated rings. The van der Waals surface area contributed by atoms with Crippen molar-refractivity contribution in [3.8, 4) is 0 Å². The van der Waals surface area contributed by atoms with Crippen LogP contribution in [0.1, 0.15) is 67.8 Å². The van der Waals surface area contributed by atoms with Gasteiger partial charge in [0.1, 0.15) is 6.04 Å². The predicted molar refractivity (Wildman–Crippen MR) is 131 cm³/mol. The largest absolute Gasteiger partial charge is 0.483 e. The third-order valence-corrected chi connectivity index (χ3v) is 6.21. The Hall–Kier alpha value is -2.94. The molecule has 0 aromatic heterocycles. The number of carbonyl (C=O) groups excluding carboxylic acids is 3. The monoisotopic (exact) mass is 474 g/mol. The number of amides is 3. The van der Waals surface area contributed by atoms with Gasteiger partial charge in [0.05, 0.1) is 0 Å². The van der Waals surface area contributed by atoms with E-state index in [4.69, 9.17) is 9.90 Å². The summed E-state index contributed by atoms with van der Waals surface area (Å²) in [6.45, 7) is 5.38. The molecule has 0 bridgehead atoms. The highest BCUT2D eigenvalue weighted by atomic mass is 16.3. The highest BCUT2D eigenvalue weighted by Gasteiger charge is 2.40. The number of imide groups is 1. The van der Waals surface area contributed by atoms with Crippen LogP contribution in [-0.4, -0.2) is 78.9 Å². The van der Waals surface area contributed by atoms with Crippen LogP contribution in [0.2, 0.25) is 0 Å². The third kappa shape index (κ3) is 7.28. The van der Waals surface area contributed by atoms with Gasteiger partial charge in [0.25, 0.3) is 12.4 Å². The van der Waals surface area contributed by atoms with Gasteiger partial charge in [0.2, 0.25) is 11.8 Å². The molecule has 1 saturated heterocycles. The number of hydrogen-bond donors (Lipinski definition) is 2. The molecule has 1 atom stereocenters. The quantitative estimate of drug-likeness (QED) is 0.288. The summed E-state index contributed by atoms with van der Waals surface area (Å²) in [5, 5.41) is 9.27. The van der Waals surface area contributed by atoms with Crippen molar-refractivity contribution in [2.24, 2.45) is 0 Å². The Balaban J connectivity index is 0.00000129.